The maximum absolute atomic E-state index is 13.4. The van der Waals surface area contributed by atoms with E-state index in [0.29, 0.717) is 35.4 Å². The Kier molecular flexibility index (Phi) is 6.98. The van der Waals surface area contributed by atoms with Gasteiger partial charge < -0.3 is 0 Å². The fraction of sp³-hybridized carbons (Fsp3) is 0.303. The number of imide groups is 2. The predicted octanol–water partition coefficient (Wildman–Crippen LogP) is 3.65. The highest BCUT2D eigenvalue weighted by Gasteiger charge is 2.45. The lowest BCUT2D eigenvalue weighted by atomic mass is 9.90. The Hall–Kier alpha value is -4.61. The summed E-state index contributed by atoms with van der Waals surface area (Å²) in [6.45, 7) is 5.00. The Labute approximate surface area is 238 Å². The minimum Gasteiger partial charge on any atom is -0.298 e. The van der Waals surface area contributed by atoms with Crippen LogP contribution in [0.15, 0.2) is 60.7 Å². The van der Waals surface area contributed by atoms with Gasteiger partial charge in [-0.05, 0) is 72.2 Å². The lowest BCUT2D eigenvalue weighted by molar-refractivity contribution is -0.136. The first-order valence-electron chi connectivity index (χ1n) is 14.0. The van der Waals surface area contributed by atoms with E-state index in [-0.39, 0.29) is 18.7 Å². The summed E-state index contributed by atoms with van der Waals surface area (Å²) in [6.07, 6.45) is 1.54. The van der Waals surface area contributed by atoms with Crippen molar-refractivity contribution in [1.29, 1.82) is 5.26 Å². The van der Waals surface area contributed by atoms with E-state index in [1.165, 1.54) is 16.7 Å². The van der Waals surface area contributed by atoms with Crippen LogP contribution >= 0.6 is 0 Å². The molecule has 0 aliphatic carbocycles. The molecule has 3 aliphatic heterocycles. The molecule has 206 valence electrons. The molecule has 41 heavy (non-hydrogen) atoms. The largest absolute Gasteiger partial charge is 0.298 e. The van der Waals surface area contributed by atoms with E-state index < -0.39 is 23.8 Å². The number of hydrogen-bond donors (Lipinski definition) is 1. The minimum atomic E-state index is -0.964. The first-order valence-corrected chi connectivity index (χ1v) is 14.0. The van der Waals surface area contributed by atoms with Crippen LogP contribution in [-0.4, -0.2) is 52.6 Å². The number of fused-ring (bicyclic) bond motifs is 1. The summed E-state index contributed by atoms with van der Waals surface area (Å²) < 4.78 is 0. The molecule has 2 fully saturated rings. The van der Waals surface area contributed by atoms with Crippen LogP contribution in [0.3, 0.4) is 0 Å². The predicted molar refractivity (Wildman–Crippen MR) is 151 cm³/mol. The standard InChI is InChI=1S/C33H30N4O4/c1-20-15-21(6-12-25(20)17-36-18-26(19-36)23-9-7-22(16-34)8-10-23)5-11-24-3-2-4-27-30(24)33(41)37(32(27)40)28-13-14-29(38)35-31(28)39/h2-4,6-10,12,15,26,28H,5,11,13-14,17-19H2,1H3,(H,35,38,39). The summed E-state index contributed by atoms with van der Waals surface area (Å²) in [5.74, 6) is -1.43. The first-order chi connectivity index (χ1) is 19.8. The van der Waals surface area contributed by atoms with Crippen molar-refractivity contribution in [1.82, 2.24) is 15.1 Å². The van der Waals surface area contributed by atoms with E-state index in [1.807, 2.05) is 18.2 Å². The number of piperidine rings is 1. The molecule has 1 N–H and O–H groups in total. The molecule has 8 nitrogen and oxygen atoms in total. The number of likely N-dealkylation sites (tertiary alicyclic amines) is 1. The number of amides is 4. The minimum absolute atomic E-state index is 0.0987. The number of nitrogens with zero attached hydrogens (tertiary/aromatic N) is 3. The van der Waals surface area contributed by atoms with Crippen LogP contribution in [0.2, 0.25) is 0 Å². The summed E-state index contributed by atoms with van der Waals surface area (Å²) >= 11 is 0. The van der Waals surface area contributed by atoms with E-state index in [1.54, 1.807) is 12.1 Å². The van der Waals surface area contributed by atoms with E-state index in [4.69, 9.17) is 5.26 Å². The van der Waals surface area contributed by atoms with Crippen molar-refractivity contribution in [3.8, 4) is 6.07 Å². The van der Waals surface area contributed by atoms with Crippen molar-refractivity contribution >= 4 is 23.6 Å². The van der Waals surface area contributed by atoms with Crippen LogP contribution in [0.5, 0.6) is 0 Å². The molecule has 0 spiro atoms. The fourth-order valence-corrected chi connectivity index (χ4v) is 6.14. The molecule has 3 aliphatic rings. The van der Waals surface area contributed by atoms with Gasteiger partial charge in [-0.2, -0.15) is 5.26 Å². The lowest BCUT2D eigenvalue weighted by Crippen LogP contribution is -2.54. The van der Waals surface area contributed by atoms with Crippen molar-refractivity contribution in [2.24, 2.45) is 0 Å². The van der Waals surface area contributed by atoms with E-state index >= 15 is 0 Å². The number of hydrogen-bond acceptors (Lipinski definition) is 6. The highest BCUT2D eigenvalue weighted by Crippen LogP contribution is 2.32. The monoisotopic (exact) mass is 546 g/mol. The molecule has 0 saturated carbocycles. The molecular weight excluding hydrogens is 516 g/mol. The van der Waals surface area contributed by atoms with E-state index in [9.17, 15) is 19.2 Å². The zero-order valence-electron chi connectivity index (χ0n) is 22.9. The topological polar surface area (TPSA) is 111 Å². The molecule has 2 saturated heterocycles. The number of nitrogens with one attached hydrogen (secondary N) is 1. The zero-order chi connectivity index (χ0) is 28.7. The third kappa shape index (κ3) is 5.05. The smallest absolute Gasteiger partial charge is 0.262 e. The molecule has 0 bridgehead atoms. The van der Waals surface area contributed by atoms with Crippen LogP contribution in [0.4, 0.5) is 0 Å². The van der Waals surface area contributed by atoms with Gasteiger partial charge in [0.2, 0.25) is 11.8 Å². The van der Waals surface area contributed by atoms with Gasteiger partial charge in [0.05, 0.1) is 22.8 Å². The number of aryl methyl sites for hydroxylation is 3. The van der Waals surface area contributed by atoms with Gasteiger partial charge >= 0.3 is 0 Å². The molecular formula is C33H30N4O4. The van der Waals surface area contributed by atoms with E-state index in [2.05, 4.69) is 53.5 Å². The molecule has 4 amide bonds. The van der Waals surface area contributed by atoms with Gasteiger partial charge in [0.1, 0.15) is 6.04 Å². The molecule has 6 rings (SSSR count). The summed E-state index contributed by atoms with van der Waals surface area (Å²) in [5.41, 5.74) is 7.09. The third-order valence-corrected chi connectivity index (χ3v) is 8.51. The summed E-state index contributed by atoms with van der Waals surface area (Å²) in [5, 5.41) is 11.2. The van der Waals surface area contributed by atoms with Crippen molar-refractivity contribution < 1.29 is 19.2 Å². The van der Waals surface area contributed by atoms with Gasteiger partial charge in [-0.3, -0.25) is 34.3 Å². The number of rotatable bonds is 7. The molecule has 1 atom stereocenters. The zero-order valence-corrected chi connectivity index (χ0v) is 22.9. The van der Waals surface area contributed by atoms with Crippen LogP contribution in [0.1, 0.15) is 72.9 Å². The highest BCUT2D eigenvalue weighted by atomic mass is 16.2. The fourth-order valence-electron chi connectivity index (χ4n) is 6.14. The molecule has 3 heterocycles. The second kappa shape index (κ2) is 10.8. The Morgan fingerprint density at radius 3 is 2.41 bits per heavy atom. The average Bonchev–Trinajstić information content (AvgIpc) is 3.20. The summed E-state index contributed by atoms with van der Waals surface area (Å²) in [7, 11) is 0. The van der Waals surface area contributed by atoms with Crippen LogP contribution in [-0.2, 0) is 29.0 Å². The van der Waals surface area contributed by atoms with Crippen molar-refractivity contribution in [2.75, 3.05) is 13.1 Å². The number of carbonyl (C=O) groups excluding carboxylic acids is 4. The Morgan fingerprint density at radius 1 is 0.927 bits per heavy atom. The van der Waals surface area contributed by atoms with Crippen molar-refractivity contribution in [2.45, 2.75) is 51.1 Å². The lowest BCUT2D eigenvalue weighted by Gasteiger charge is -2.40. The van der Waals surface area contributed by atoms with Gasteiger partial charge in [0.25, 0.3) is 11.8 Å². The van der Waals surface area contributed by atoms with Gasteiger partial charge in [0.15, 0.2) is 0 Å². The maximum atomic E-state index is 13.4. The normalized spacial score (nSPS) is 19.1. The SMILES string of the molecule is Cc1cc(CCc2cccc3c2C(=O)N(C2CCC(=O)NC2=O)C3=O)ccc1CN1CC(c2ccc(C#N)cc2)C1. The number of nitriles is 1. The summed E-state index contributed by atoms with van der Waals surface area (Å²) in [4.78, 5) is 53.9. The molecule has 1 unspecified atom stereocenters. The second-order valence-electron chi connectivity index (χ2n) is 11.2. The average molecular weight is 547 g/mol. The number of benzene rings is 3. The van der Waals surface area contributed by atoms with Crippen molar-refractivity contribution in [3.05, 3.63) is 105 Å². The molecule has 3 aromatic carbocycles. The van der Waals surface area contributed by atoms with Crippen LogP contribution in [0, 0.1) is 18.3 Å². The van der Waals surface area contributed by atoms with Gasteiger partial charge in [-0.1, -0.05) is 42.5 Å². The van der Waals surface area contributed by atoms with E-state index in [0.717, 1.165) is 35.7 Å². The molecule has 0 aromatic heterocycles. The van der Waals surface area contributed by atoms with Crippen LogP contribution in [0.25, 0.3) is 0 Å². The first kappa shape index (κ1) is 26.6. The quantitative estimate of drug-likeness (QED) is 0.453. The van der Waals surface area contributed by atoms with Crippen molar-refractivity contribution in [3.63, 3.8) is 0 Å². The Morgan fingerprint density at radius 2 is 1.71 bits per heavy atom. The highest BCUT2D eigenvalue weighted by molar-refractivity contribution is 6.24. The second-order valence-corrected chi connectivity index (χ2v) is 11.2. The maximum Gasteiger partial charge on any atom is 0.262 e. The summed E-state index contributed by atoms with van der Waals surface area (Å²) in [6, 6.07) is 20.9. The van der Waals surface area contributed by atoms with Gasteiger partial charge in [0, 0.05) is 32.0 Å². The molecule has 0 radical (unpaired) electrons. The van der Waals surface area contributed by atoms with Crippen LogP contribution < -0.4 is 5.32 Å². The molecule has 8 heteroatoms. The molecule has 3 aromatic rings. The van der Waals surface area contributed by atoms with Gasteiger partial charge in [-0.25, -0.2) is 0 Å². The van der Waals surface area contributed by atoms with Gasteiger partial charge in [-0.15, -0.1) is 0 Å². The number of carbonyl (C=O) groups is 4. The Balaban J connectivity index is 1.08. The Bertz CT molecular complexity index is 1620. The third-order valence-electron chi connectivity index (χ3n) is 8.51.